The molecule has 1 aliphatic carbocycles. The largest absolute Gasteiger partial charge is 0.481 e. The maximum atomic E-state index is 11.4. The van der Waals surface area contributed by atoms with E-state index in [1.54, 1.807) is 6.33 Å². The molecule has 96 valence electrons. The van der Waals surface area contributed by atoms with Crippen LogP contribution in [0.5, 0.6) is 0 Å². The van der Waals surface area contributed by atoms with E-state index in [1.165, 1.54) is 0 Å². The van der Waals surface area contributed by atoms with Crippen molar-refractivity contribution in [2.24, 2.45) is 11.3 Å². The lowest BCUT2D eigenvalue weighted by Crippen LogP contribution is -2.40. The molecule has 0 amide bonds. The predicted octanol–water partition coefficient (Wildman–Crippen LogP) is 1.48. The molecule has 1 aromatic rings. The predicted molar refractivity (Wildman–Crippen MR) is 66.4 cm³/mol. The van der Waals surface area contributed by atoms with Gasteiger partial charge >= 0.3 is 5.97 Å². The summed E-state index contributed by atoms with van der Waals surface area (Å²) in [6, 6.07) is 1.93. The van der Waals surface area contributed by atoms with Gasteiger partial charge in [-0.2, -0.15) is 0 Å². The maximum Gasteiger partial charge on any atom is 0.308 e. The minimum Gasteiger partial charge on any atom is -0.481 e. The lowest BCUT2D eigenvalue weighted by molar-refractivity contribution is -0.146. The van der Waals surface area contributed by atoms with E-state index in [1.807, 2.05) is 13.0 Å². The third kappa shape index (κ3) is 1.65. The van der Waals surface area contributed by atoms with Crippen molar-refractivity contribution in [2.45, 2.75) is 26.2 Å². The second-order valence-electron chi connectivity index (χ2n) is 5.50. The fraction of sp³-hybridized carbons (Fsp3) is 0.615. The fourth-order valence-electron chi connectivity index (χ4n) is 3.23. The number of hydrogen-bond donors (Lipinski definition) is 1. The minimum absolute atomic E-state index is 0.00924. The zero-order valence-corrected chi connectivity index (χ0v) is 10.5. The second-order valence-corrected chi connectivity index (χ2v) is 5.50. The van der Waals surface area contributed by atoms with Gasteiger partial charge in [0.15, 0.2) is 0 Å². The van der Waals surface area contributed by atoms with Gasteiger partial charge in [0.25, 0.3) is 0 Å². The molecule has 0 radical (unpaired) electrons. The third-order valence-electron chi connectivity index (χ3n) is 4.41. The Bertz CT molecular complexity index is 485. The van der Waals surface area contributed by atoms with Gasteiger partial charge in [0, 0.05) is 30.3 Å². The molecular weight excluding hydrogens is 230 g/mol. The van der Waals surface area contributed by atoms with Gasteiger partial charge in [0.2, 0.25) is 0 Å². The molecule has 2 fully saturated rings. The number of aliphatic carboxylic acids is 1. The van der Waals surface area contributed by atoms with Crippen LogP contribution < -0.4 is 4.90 Å². The van der Waals surface area contributed by atoms with Crippen LogP contribution in [0.25, 0.3) is 0 Å². The third-order valence-corrected chi connectivity index (χ3v) is 4.41. The van der Waals surface area contributed by atoms with Crippen LogP contribution in [-0.2, 0) is 4.79 Å². The van der Waals surface area contributed by atoms with Gasteiger partial charge < -0.3 is 10.0 Å². The number of carboxylic acids is 1. The lowest BCUT2D eigenvalue weighted by atomic mass is 9.63. The molecule has 1 atom stereocenters. The highest BCUT2D eigenvalue weighted by Crippen LogP contribution is 2.52. The number of carboxylic acid groups (broad SMARTS) is 1. The van der Waals surface area contributed by atoms with Gasteiger partial charge in [-0.25, -0.2) is 9.97 Å². The Kier molecular flexibility index (Phi) is 2.50. The molecule has 18 heavy (non-hydrogen) atoms. The van der Waals surface area contributed by atoms with Crippen molar-refractivity contribution in [3.63, 3.8) is 0 Å². The summed E-state index contributed by atoms with van der Waals surface area (Å²) in [6.07, 6.45) is 4.77. The number of nitrogens with zero attached hydrogens (tertiary/aromatic N) is 3. The van der Waals surface area contributed by atoms with Crippen molar-refractivity contribution in [1.29, 1.82) is 0 Å². The van der Waals surface area contributed by atoms with E-state index in [0.29, 0.717) is 6.54 Å². The Labute approximate surface area is 106 Å². The molecule has 1 aliphatic heterocycles. The zero-order chi connectivity index (χ0) is 12.8. The Morgan fingerprint density at radius 3 is 2.78 bits per heavy atom. The smallest absolute Gasteiger partial charge is 0.308 e. The molecule has 1 aromatic heterocycles. The summed E-state index contributed by atoms with van der Waals surface area (Å²) in [5.74, 6) is -0.0537. The van der Waals surface area contributed by atoms with Crippen molar-refractivity contribution in [1.82, 2.24) is 9.97 Å². The van der Waals surface area contributed by atoms with Gasteiger partial charge in [-0.3, -0.25) is 4.79 Å². The number of aryl methyl sites for hydroxylation is 1. The average molecular weight is 247 g/mol. The van der Waals surface area contributed by atoms with Crippen molar-refractivity contribution in [3.05, 3.63) is 18.1 Å². The first-order valence-electron chi connectivity index (χ1n) is 6.37. The monoisotopic (exact) mass is 247 g/mol. The highest BCUT2D eigenvalue weighted by atomic mass is 16.4. The molecule has 0 bridgehead atoms. The highest BCUT2D eigenvalue weighted by Gasteiger charge is 2.53. The maximum absolute atomic E-state index is 11.4. The lowest BCUT2D eigenvalue weighted by Gasteiger charge is -2.41. The molecule has 0 aromatic carbocycles. The van der Waals surface area contributed by atoms with Crippen LogP contribution in [0.15, 0.2) is 12.4 Å². The molecule has 1 saturated carbocycles. The highest BCUT2D eigenvalue weighted by molar-refractivity contribution is 5.73. The summed E-state index contributed by atoms with van der Waals surface area (Å²) in [4.78, 5) is 21.8. The summed E-state index contributed by atoms with van der Waals surface area (Å²) in [7, 11) is 0. The molecule has 2 heterocycles. The number of carbonyl (C=O) groups is 1. The Morgan fingerprint density at radius 1 is 1.50 bits per heavy atom. The van der Waals surface area contributed by atoms with E-state index < -0.39 is 5.97 Å². The Morgan fingerprint density at radius 2 is 2.28 bits per heavy atom. The average Bonchev–Trinajstić information content (AvgIpc) is 2.69. The Hall–Kier alpha value is -1.65. The topological polar surface area (TPSA) is 66.3 Å². The van der Waals surface area contributed by atoms with Crippen LogP contribution in [0.3, 0.4) is 0 Å². The molecule has 0 unspecified atom stereocenters. The standard InChI is InChI=1S/C13H17N3O2/c1-9-5-11(15-8-14-9)16-6-10(12(17)18)13(7-16)3-2-4-13/h5,8,10H,2-4,6-7H2,1H3,(H,17,18)/t10-/m0/s1. The van der Waals surface area contributed by atoms with E-state index >= 15 is 0 Å². The number of anilines is 1. The summed E-state index contributed by atoms with van der Waals surface area (Å²) < 4.78 is 0. The van der Waals surface area contributed by atoms with E-state index in [-0.39, 0.29) is 11.3 Å². The van der Waals surface area contributed by atoms with Crippen LogP contribution in [0, 0.1) is 18.3 Å². The molecule has 5 heteroatoms. The van der Waals surface area contributed by atoms with Crippen molar-refractivity contribution in [3.8, 4) is 0 Å². The summed E-state index contributed by atoms with van der Waals surface area (Å²) >= 11 is 0. The first-order valence-corrected chi connectivity index (χ1v) is 6.37. The number of hydrogen-bond acceptors (Lipinski definition) is 4. The normalized spacial score (nSPS) is 25.2. The molecule has 1 N–H and O–H groups in total. The van der Waals surface area contributed by atoms with Crippen molar-refractivity contribution >= 4 is 11.8 Å². The van der Waals surface area contributed by atoms with Crippen molar-refractivity contribution in [2.75, 3.05) is 18.0 Å². The van der Waals surface area contributed by atoms with Crippen molar-refractivity contribution < 1.29 is 9.90 Å². The zero-order valence-electron chi connectivity index (χ0n) is 10.5. The van der Waals surface area contributed by atoms with Gasteiger partial charge in [-0.1, -0.05) is 6.42 Å². The van der Waals surface area contributed by atoms with E-state index in [9.17, 15) is 9.90 Å². The quantitative estimate of drug-likeness (QED) is 0.857. The fourth-order valence-corrected chi connectivity index (χ4v) is 3.23. The molecule has 1 spiro atoms. The number of aromatic nitrogens is 2. The van der Waals surface area contributed by atoms with E-state index in [0.717, 1.165) is 37.3 Å². The van der Waals surface area contributed by atoms with Crippen LogP contribution in [0.2, 0.25) is 0 Å². The summed E-state index contributed by atoms with van der Waals surface area (Å²) in [5, 5.41) is 9.37. The SMILES string of the molecule is Cc1cc(N2C[C@@H](C(=O)O)C3(CCC3)C2)ncn1. The first kappa shape index (κ1) is 11.4. The van der Waals surface area contributed by atoms with Gasteiger partial charge in [-0.05, 0) is 19.8 Å². The van der Waals surface area contributed by atoms with E-state index in [2.05, 4.69) is 14.9 Å². The van der Waals surface area contributed by atoms with Gasteiger partial charge in [-0.15, -0.1) is 0 Å². The molecule has 3 rings (SSSR count). The molecule has 1 saturated heterocycles. The summed E-state index contributed by atoms with van der Waals surface area (Å²) in [6.45, 7) is 3.32. The minimum atomic E-state index is -0.664. The van der Waals surface area contributed by atoms with E-state index in [4.69, 9.17) is 0 Å². The molecule has 2 aliphatic rings. The molecular formula is C13H17N3O2. The van der Waals surface area contributed by atoms with Crippen LogP contribution in [0.1, 0.15) is 25.0 Å². The van der Waals surface area contributed by atoms with Crippen LogP contribution in [-0.4, -0.2) is 34.1 Å². The van der Waals surface area contributed by atoms with Gasteiger partial charge in [0.1, 0.15) is 12.1 Å². The number of rotatable bonds is 2. The second kappa shape index (κ2) is 3.93. The molecule has 5 nitrogen and oxygen atoms in total. The van der Waals surface area contributed by atoms with Crippen LogP contribution >= 0.6 is 0 Å². The Balaban J connectivity index is 1.86. The van der Waals surface area contributed by atoms with Gasteiger partial charge in [0.05, 0.1) is 5.92 Å². The summed E-state index contributed by atoms with van der Waals surface area (Å²) in [5.41, 5.74) is 0.909. The first-order chi connectivity index (χ1) is 8.61. The van der Waals surface area contributed by atoms with Crippen LogP contribution in [0.4, 0.5) is 5.82 Å².